The number of rotatable bonds is 3. The Balaban J connectivity index is 2.51. The number of hydrogen-bond donors (Lipinski definition) is 0. The lowest BCUT2D eigenvalue weighted by Crippen LogP contribution is -2.22. The molecule has 7 heteroatoms. The molecule has 0 aliphatic rings. The van der Waals surface area contributed by atoms with Crippen molar-refractivity contribution in [3.63, 3.8) is 0 Å². The molecule has 1 heterocycles. The lowest BCUT2D eigenvalue weighted by atomic mass is 10.1. The quantitative estimate of drug-likeness (QED) is 0.859. The summed E-state index contributed by atoms with van der Waals surface area (Å²) in [5.74, 6) is 0. The van der Waals surface area contributed by atoms with E-state index in [0.717, 1.165) is 18.2 Å². The van der Waals surface area contributed by atoms with Gasteiger partial charge in [0.2, 0.25) is 0 Å². The van der Waals surface area contributed by atoms with Gasteiger partial charge in [0.25, 0.3) is 5.56 Å². The fourth-order valence-corrected chi connectivity index (χ4v) is 1.68. The van der Waals surface area contributed by atoms with Gasteiger partial charge < -0.3 is 4.74 Å². The van der Waals surface area contributed by atoms with Crippen LogP contribution in [0.4, 0.5) is 13.2 Å². The lowest BCUT2D eigenvalue weighted by Gasteiger charge is -2.09. The molecule has 1 aromatic carbocycles. The highest BCUT2D eigenvalue weighted by Crippen LogP contribution is 2.30. The number of methoxy groups -OCH3 is 1. The smallest absolute Gasteiger partial charge is 0.383 e. The molecule has 0 atom stereocenters. The summed E-state index contributed by atoms with van der Waals surface area (Å²) in [6.07, 6.45) is -3.22. The third-order valence-corrected chi connectivity index (χ3v) is 2.69. The second kappa shape index (κ2) is 5.00. The van der Waals surface area contributed by atoms with Crippen LogP contribution in [0.2, 0.25) is 0 Å². The van der Waals surface area contributed by atoms with Crippen LogP contribution in [0.5, 0.6) is 0 Å². The van der Waals surface area contributed by atoms with E-state index in [4.69, 9.17) is 4.74 Å². The first-order valence-corrected chi connectivity index (χ1v) is 5.49. The fourth-order valence-electron chi connectivity index (χ4n) is 1.68. The van der Waals surface area contributed by atoms with Gasteiger partial charge in [0.05, 0.1) is 35.9 Å². The van der Waals surface area contributed by atoms with Gasteiger partial charge in [-0.25, -0.2) is 4.98 Å². The number of alkyl halides is 3. The van der Waals surface area contributed by atoms with Gasteiger partial charge >= 0.3 is 6.18 Å². The zero-order valence-corrected chi connectivity index (χ0v) is 10.1. The minimum atomic E-state index is -4.44. The molecule has 2 rings (SSSR count). The standard InChI is InChI=1S/C12H11F3N2O2/c1-19-5-4-17-7-16-10-6-8(12(13,14)15)2-3-9(10)11(17)18/h2-3,6-7H,4-5H2,1H3. The van der Waals surface area contributed by atoms with Gasteiger partial charge in [0, 0.05) is 7.11 Å². The van der Waals surface area contributed by atoms with E-state index >= 15 is 0 Å². The van der Waals surface area contributed by atoms with Crippen LogP contribution < -0.4 is 5.56 Å². The van der Waals surface area contributed by atoms with Crippen molar-refractivity contribution in [2.45, 2.75) is 12.7 Å². The summed E-state index contributed by atoms with van der Waals surface area (Å²) in [7, 11) is 1.50. The zero-order chi connectivity index (χ0) is 14.0. The Bertz CT molecular complexity index is 649. The van der Waals surface area contributed by atoms with E-state index in [1.165, 1.54) is 18.0 Å². The molecule has 0 unspecified atom stereocenters. The summed E-state index contributed by atoms with van der Waals surface area (Å²) in [5.41, 5.74) is -1.16. The minimum absolute atomic E-state index is 0.0356. The predicted molar refractivity (Wildman–Crippen MR) is 62.9 cm³/mol. The van der Waals surface area contributed by atoms with E-state index in [1.54, 1.807) is 0 Å². The highest BCUT2D eigenvalue weighted by Gasteiger charge is 2.30. The first-order valence-electron chi connectivity index (χ1n) is 5.49. The third-order valence-electron chi connectivity index (χ3n) is 2.69. The van der Waals surface area contributed by atoms with Crippen LogP contribution >= 0.6 is 0 Å². The fraction of sp³-hybridized carbons (Fsp3) is 0.333. The van der Waals surface area contributed by atoms with Crippen molar-refractivity contribution in [2.75, 3.05) is 13.7 Å². The van der Waals surface area contributed by atoms with Gasteiger partial charge in [-0.3, -0.25) is 9.36 Å². The van der Waals surface area contributed by atoms with Gasteiger partial charge in [-0.15, -0.1) is 0 Å². The largest absolute Gasteiger partial charge is 0.416 e. The minimum Gasteiger partial charge on any atom is -0.383 e. The molecule has 0 saturated heterocycles. The predicted octanol–water partition coefficient (Wildman–Crippen LogP) is 2.06. The van der Waals surface area contributed by atoms with E-state index < -0.39 is 11.7 Å². The summed E-state index contributed by atoms with van der Waals surface area (Å²) in [5, 5.41) is 0.159. The van der Waals surface area contributed by atoms with Crippen molar-refractivity contribution in [3.05, 3.63) is 40.4 Å². The average Bonchev–Trinajstić information content (AvgIpc) is 2.36. The highest BCUT2D eigenvalue weighted by molar-refractivity contribution is 5.78. The second-order valence-electron chi connectivity index (χ2n) is 3.97. The van der Waals surface area contributed by atoms with Gasteiger partial charge in [-0.05, 0) is 18.2 Å². The van der Waals surface area contributed by atoms with Gasteiger partial charge in [-0.2, -0.15) is 13.2 Å². The molecule has 0 N–H and O–H groups in total. The lowest BCUT2D eigenvalue weighted by molar-refractivity contribution is -0.137. The monoisotopic (exact) mass is 272 g/mol. The summed E-state index contributed by atoms with van der Waals surface area (Å²) in [4.78, 5) is 15.9. The number of aromatic nitrogens is 2. The van der Waals surface area contributed by atoms with E-state index in [2.05, 4.69) is 4.98 Å². The molecule has 0 bridgehead atoms. The summed E-state index contributed by atoms with van der Waals surface area (Å²) >= 11 is 0. The second-order valence-corrected chi connectivity index (χ2v) is 3.97. The molecule has 102 valence electrons. The van der Waals surface area contributed by atoms with Crippen LogP contribution in [-0.2, 0) is 17.5 Å². The molecule has 0 amide bonds. The van der Waals surface area contributed by atoms with Crippen LogP contribution in [0.15, 0.2) is 29.3 Å². The van der Waals surface area contributed by atoms with Gasteiger partial charge in [0.15, 0.2) is 0 Å². The van der Waals surface area contributed by atoms with Crippen LogP contribution in [0.1, 0.15) is 5.56 Å². The van der Waals surface area contributed by atoms with Crippen molar-refractivity contribution >= 4 is 10.9 Å². The summed E-state index contributed by atoms with van der Waals surface area (Å²) in [6.45, 7) is 0.632. The number of nitrogens with zero attached hydrogens (tertiary/aromatic N) is 2. The van der Waals surface area contributed by atoms with Crippen molar-refractivity contribution in [1.82, 2.24) is 9.55 Å². The molecule has 0 radical (unpaired) electrons. The number of fused-ring (bicyclic) bond motifs is 1. The average molecular weight is 272 g/mol. The number of benzene rings is 1. The highest BCUT2D eigenvalue weighted by atomic mass is 19.4. The zero-order valence-electron chi connectivity index (χ0n) is 10.1. The van der Waals surface area contributed by atoms with E-state index in [-0.39, 0.29) is 16.5 Å². The molecule has 0 saturated carbocycles. The van der Waals surface area contributed by atoms with E-state index in [1.807, 2.05) is 0 Å². The van der Waals surface area contributed by atoms with Crippen molar-refractivity contribution < 1.29 is 17.9 Å². The molecule has 19 heavy (non-hydrogen) atoms. The Morgan fingerprint density at radius 3 is 2.74 bits per heavy atom. The summed E-state index contributed by atoms with van der Waals surface area (Å²) < 4.78 is 43.7. The van der Waals surface area contributed by atoms with E-state index in [0.29, 0.717) is 13.2 Å². The Morgan fingerprint density at radius 1 is 1.37 bits per heavy atom. The first-order chi connectivity index (χ1) is 8.93. The normalized spacial score (nSPS) is 12.0. The molecule has 2 aromatic rings. The maximum absolute atomic E-state index is 12.5. The van der Waals surface area contributed by atoms with E-state index in [9.17, 15) is 18.0 Å². The molecular formula is C12H11F3N2O2. The van der Waals surface area contributed by atoms with Crippen LogP contribution in [0, 0.1) is 0 Å². The number of halogens is 3. The first kappa shape index (κ1) is 13.5. The summed E-state index contributed by atoms with van der Waals surface area (Å²) in [6, 6.07) is 2.90. The van der Waals surface area contributed by atoms with Crippen LogP contribution in [0.25, 0.3) is 10.9 Å². The maximum atomic E-state index is 12.5. The van der Waals surface area contributed by atoms with Crippen molar-refractivity contribution in [3.8, 4) is 0 Å². The Hall–Kier alpha value is -1.89. The maximum Gasteiger partial charge on any atom is 0.416 e. The third kappa shape index (κ3) is 2.76. The molecule has 0 fully saturated rings. The SMILES string of the molecule is COCCn1cnc2cc(C(F)(F)F)ccc2c1=O. The Morgan fingerprint density at radius 2 is 2.11 bits per heavy atom. The van der Waals surface area contributed by atoms with Crippen LogP contribution in [-0.4, -0.2) is 23.3 Å². The Labute approximate surface area is 106 Å². The molecular weight excluding hydrogens is 261 g/mol. The molecule has 4 nitrogen and oxygen atoms in total. The van der Waals surface area contributed by atoms with Crippen molar-refractivity contribution in [2.24, 2.45) is 0 Å². The molecule has 1 aromatic heterocycles. The number of ether oxygens (including phenoxy) is 1. The van der Waals surface area contributed by atoms with Crippen LogP contribution in [0.3, 0.4) is 0 Å². The molecule has 0 aliphatic heterocycles. The van der Waals surface area contributed by atoms with Crippen molar-refractivity contribution in [1.29, 1.82) is 0 Å². The number of hydrogen-bond acceptors (Lipinski definition) is 3. The topological polar surface area (TPSA) is 44.1 Å². The van der Waals surface area contributed by atoms with Gasteiger partial charge in [-0.1, -0.05) is 0 Å². The molecule has 0 spiro atoms. The Kier molecular flexibility index (Phi) is 3.57. The molecule has 0 aliphatic carbocycles. The van der Waals surface area contributed by atoms with Gasteiger partial charge in [0.1, 0.15) is 0 Å².